The second kappa shape index (κ2) is 16.0. The van der Waals surface area contributed by atoms with Crippen molar-refractivity contribution in [3.05, 3.63) is 249 Å². The van der Waals surface area contributed by atoms with Gasteiger partial charge in [-0.25, -0.2) is 0 Å². The molecule has 0 saturated heterocycles. The SMILES string of the molecule is c1ccc(-c2ccc(-c3ccc(N(c4cccc(-c5cccc6ccccc56)c4)c4ccccc4-c4ccccc4-c4ccccc4-c4ccccc4)cc3)cc2)cc1. The predicted octanol–water partition coefficient (Wildman–Crippen LogP) is 16.3. The lowest BCUT2D eigenvalue weighted by molar-refractivity contribution is 1.28. The lowest BCUT2D eigenvalue weighted by atomic mass is 9.88. The molecule has 10 rings (SSSR count). The molecular weight excluding hydrogens is 711 g/mol. The minimum Gasteiger partial charge on any atom is -0.310 e. The largest absolute Gasteiger partial charge is 0.310 e. The first kappa shape index (κ1) is 35.7. The van der Waals surface area contributed by atoms with Crippen LogP contribution in [0.25, 0.3) is 77.5 Å². The van der Waals surface area contributed by atoms with Crippen molar-refractivity contribution in [2.45, 2.75) is 0 Å². The van der Waals surface area contributed by atoms with Gasteiger partial charge >= 0.3 is 0 Å². The van der Waals surface area contributed by atoms with E-state index in [1.54, 1.807) is 0 Å². The molecule has 0 bridgehead atoms. The molecule has 0 amide bonds. The van der Waals surface area contributed by atoms with Gasteiger partial charge in [0, 0.05) is 16.9 Å². The minimum atomic E-state index is 1.08. The Kier molecular flexibility index (Phi) is 9.68. The quantitative estimate of drug-likeness (QED) is 0.142. The van der Waals surface area contributed by atoms with Gasteiger partial charge in [0.1, 0.15) is 0 Å². The molecule has 0 aliphatic rings. The zero-order chi connectivity index (χ0) is 39.4. The van der Waals surface area contributed by atoms with Gasteiger partial charge in [0.25, 0.3) is 0 Å². The number of fused-ring (bicyclic) bond motifs is 1. The number of nitrogens with zero attached hydrogens (tertiary/aromatic N) is 1. The Bertz CT molecular complexity index is 3010. The van der Waals surface area contributed by atoms with Crippen molar-refractivity contribution in [1.82, 2.24) is 0 Å². The van der Waals surface area contributed by atoms with Gasteiger partial charge < -0.3 is 4.90 Å². The van der Waals surface area contributed by atoms with Crippen molar-refractivity contribution in [2.75, 3.05) is 4.90 Å². The van der Waals surface area contributed by atoms with Gasteiger partial charge in [0.2, 0.25) is 0 Å². The Morgan fingerprint density at radius 2 is 0.644 bits per heavy atom. The van der Waals surface area contributed by atoms with Crippen LogP contribution in [0.4, 0.5) is 17.1 Å². The molecule has 10 aromatic carbocycles. The fourth-order valence-electron chi connectivity index (χ4n) is 8.44. The van der Waals surface area contributed by atoms with Gasteiger partial charge in [0.15, 0.2) is 0 Å². The van der Waals surface area contributed by atoms with E-state index in [1.165, 1.54) is 72.0 Å². The van der Waals surface area contributed by atoms with Crippen molar-refractivity contribution in [3.63, 3.8) is 0 Å². The summed E-state index contributed by atoms with van der Waals surface area (Å²) < 4.78 is 0. The molecule has 0 spiro atoms. The van der Waals surface area contributed by atoms with E-state index < -0.39 is 0 Å². The molecule has 0 aliphatic heterocycles. The number of benzene rings is 10. The summed E-state index contributed by atoms with van der Waals surface area (Å²) in [5.74, 6) is 0. The van der Waals surface area contributed by atoms with E-state index >= 15 is 0 Å². The number of hydrogen-bond acceptors (Lipinski definition) is 1. The number of hydrogen-bond donors (Lipinski definition) is 0. The van der Waals surface area contributed by atoms with Crippen LogP contribution in [0.1, 0.15) is 0 Å². The van der Waals surface area contributed by atoms with Crippen LogP contribution in [0.5, 0.6) is 0 Å². The van der Waals surface area contributed by atoms with E-state index in [1.807, 2.05) is 0 Å². The first-order valence-corrected chi connectivity index (χ1v) is 20.3. The zero-order valence-electron chi connectivity index (χ0n) is 32.6. The van der Waals surface area contributed by atoms with E-state index in [9.17, 15) is 0 Å². The second-order valence-electron chi connectivity index (χ2n) is 14.9. The van der Waals surface area contributed by atoms with Crippen molar-refractivity contribution in [3.8, 4) is 66.8 Å². The molecule has 0 aliphatic carbocycles. The highest BCUT2D eigenvalue weighted by Gasteiger charge is 2.21. The van der Waals surface area contributed by atoms with Gasteiger partial charge in [0.05, 0.1) is 5.69 Å². The summed E-state index contributed by atoms with van der Waals surface area (Å²) in [5.41, 5.74) is 17.6. The molecule has 0 atom stereocenters. The summed E-state index contributed by atoms with van der Waals surface area (Å²) in [6.45, 7) is 0. The Labute approximate surface area is 346 Å². The fraction of sp³-hybridized carbons (Fsp3) is 0. The molecule has 10 aromatic rings. The summed E-state index contributed by atoms with van der Waals surface area (Å²) in [6.07, 6.45) is 0. The zero-order valence-corrected chi connectivity index (χ0v) is 32.6. The standard InChI is InChI=1S/C58H41N/c1-3-17-42(18-4-1)43-33-35-44(36-34-43)45-37-39-49(40-38-45)59(50-24-15-23-48(41-50)53-31-16-22-47-21-7-8-25-51(47)53)58-32-14-13-30-57(58)56-29-12-11-28-55(56)54-27-10-9-26-52(54)46-19-5-2-6-20-46/h1-41H. The van der Waals surface area contributed by atoms with Crippen LogP contribution >= 0.6 is 0 Å². The lowest BCUT2D eigenvalue weighted by Gasteiger charge is -2.29. The molecule has 0 heterocycles. The van der Waals surface area contributed by atoms with Crippen LogP contribution in [0.15, 0.2) is 249 Å². The van der Waals surface area contributed by atoms with Gasteiger partial charge in [-0.1, -0.05) is 218 Å². The summed E-state index contributed by atoms with van der Waals surface area (Å²) >= 11 is 0. The molecule has 1 nitrogen and oxygen atoms in total. The third kappa shape index (κ3) is 7.12. The second-order valence-corrected chi connectivity index (χ2v) is 14.9. The molecule has 278 valence electrons. The van der Waals surface area contributed by atoms with Gasteiger partial charge in [-0.3, -0.25) is 0 Å². The van der Waals surface area contributed by atoms with E-state index in [0.717, 1.165) is 22.6 Å². The highest BCUT2D eigenvalue weighted by molar-refractivity contribution is 5.99. The monoisotopic (exact) mass is 751 g/mol. The van der Waals surface area contributed by atoms with Crippen molar-refractivity contribution >= 4 is 27.8 Å². The molecule has 59 heavy (non-hydrogen) atoms. The third-order valence-electron chi connectivity index (χ3n) is 11.3. The molecule has 0 saturated carbocycles. The van der Waals surface area contributed by atoms with Gasteiger partial charge in [-0.2, -0.15) is 0 Å². The van der Waals surface area contributed by atoms with E-state index in [2.05, 4.69) is 254 Å². The van der Waals surface area contributed by atoms with Crippen LogP contribution in [0.3, 0.4) is 0 Å². The van der Waals surface area contributed by atoms with Crippen molar-refractivity contribution < 1.29 is 0 Å². The molecule has 0 radical (unpaired) electrons. The molecular formula is C58H41N. The average Bonchev–Trinajstić information content (AvgIpc) is 3.32. The highest BCUT2D eigenvalue weighted by atomic mass is 15.1. The van der Waals surface area contributed by atoms with E-state index in [-0.39, 0.29) is 0 Å². The lowest BCUT2D eigenvalue weighted by Crippen LogP contribution is -2.11. The first-order valence-electron chi connectivity index (χ1n) is 20.3. The Hall–Kier alpha value is -7.74. The Morgan fingerprint density at radius 1 is 0.220 bits per heavy atom. The maximum Gasteiger partial charge on any atom is 0.0540 e. The Morgan fingerprint density at radius 3 is 1.32 bits per heavy atom. The maximum absolute atomic E-state index is 2.42. The predicted molar refractivity (Wildman–Crippen MR) is 251 cm³/mol. The van der Waals surface area contributed by atoms with E-state index in [4.69, 9.17) is 0 Å². The number of para-hydroxylation sites is 1. The normalized spacial score (nSPS) is 11.1. The highest BCUT2D eigenvalue weighted by Crippen LogP contribution is 2.46. The molecule has 0 unspecified atom stereocenters. The average molecular weight is 752 g/mol. The van der Waals surface area contributed by atoms with Crippen LogP contribution in [0, 0.1) is 0 Å². The third-order valence-corrected chi connectivity index (χ3v) is 11.3. The molecule has 0 fully saturated rings. The van der Waals surface area contributed by atoms with Gasteiger partial charge in [-0.15, -0.1) is 0 Å². The number of rotatable bonds is 9. The summed E-state index contributed by atoms with van der Waals surface area (Å²) in [7, 11) is 0. The van der Waals surface area contributed by atoms with Crippen LogP contribution < -0.4 is 4.90 Å². The summed E-state index contributed by atoms with van der Waals surface area (Å²) in [6, 6.07) is 89.8. The fourth-order valence-corrected chi connectivity index (χ4v) is 8.44. The first-order chi connectivity index (χ1) is 29.3. The number of anilines is 3. The summed E-state index contributed by atoms with van der Waals surface area (Å²) in [5, 5.41) is 2.48. The van der Waals surface area contributed by atoms with Crippen LogP contribution in [-0.4, -0.2) is 0 Å². The molecule has 0 aromatic heterocycles. The Balaban J connectivity index is 1.12. The van der Waals surface area contributed by atoms with Crippen LogP contribution in [0.2, 0.25) is 0 Å². The van der Waals surface area contributed by atoms with Crippen LogP contribution in [-0.2, 0) is 0 Å². The molecule has 1 heteroatoms. The molecule has 0 N–H and O–H groups in total. The van der Waals surface area contributed by atoms with Crippen molar-refractivity contribution in [2.24, 2.45) is 0 Å². The van der Waals surface area contributed by atoms with E-state index in [0.29, 0.717) is 0 Å². The maximum atomic E-state index is 2.42. The topological polar surface area (TPSA) is 3.24 Å². The summed E-state index contributed by atoms with van der Waals surface area (Å²) in [4.78, 5) is 2.42. The minimum absolute atomic E-state index is 1.08. The van der Waals surface area contributed by atoms with Crippen molar-refractivity contribution in [1.29, 1.82) is 0 Å². The smallest absolute Gasteiger partial charge is 0.0540 e. The van der Waals surface area contributed by atoms with Gasteiger partial charge in [-0.05, 0) is 102 Å².